The van der Waals surface area contributed by atoms with Gasteiger partial charge in [-0.1, -0.05) is 0 Å². The maximum atomic E-state index is 10.3. The summed E-state index contributed by atoms with van der Waals surface area (Å²) >= 11 is 0. The molecule has 0 aromatic carbocycles. The fourth-order valence-corrected chi connectivity index (χ4v) is 0.378. The van der Waals surface area contributed by atoms with E-state index in [0.29, 0.717) is 0 Å². The van der Waals surface area contributed by atoms with Crippen LogP contribution < -0.4 is 5.73 Å². The number of amides is 1. The molecule has 0 spiro atoms. The van der Waals surface area contributed by atoms with Crippen molar-refractivity contribution in [1.82, 2.24) is 0 Å². The maximum absolute atomic E-state index is 10.3. The lowest BCUT2D eigenvalue weighted by Gasteiger charge is -2.04. The van der Waals surface area contributed by atoms with Crippen molar-refractivity contribution in [1.29, 1.82) is 0 Å². The lowest BCUT2D eigenvalue weighted by atomic mass is 10.5. The molecule has 0 unspecified atom stereocenters. The fourth-order valence-electron chi connectivity index (χ4n) is 0.378. The Morgan fingerprint density at radius 2 is 2.20 bits per heavy atom. The highest BCUT2D eigenvalue weighted by atomic mass is 35.5. The minimum Gasteiger partial charge on any atom is -0.465 e. The zero-order chi connectivity index (χ0) is 6.69. The standard InChI is InChI=1S/C5H5NO3.ClH/c6-5(7)4-3-8-1-2-9-4;/h1-3H,(H2,6,7);1H. The molecule has 0 bridgehead atoms. The van der Waals surface area contributed by atoms with E-state index in [9.17, 15) is 4.79 Å². The van der Waals surface area contributed by atoms with Crippen molar-refractivity contribution < 1.29 is 14.3 Å². The van der Waals surface area contributed by atoms with Gasteiger partial charge in [-0.15, -0.1) is 12.4 Å². The van der Waals surface area contributed by atoms with Gasteiger partial charge in [-0.05, 0) is 0 Å². The zero-order valence-corrected chi connectivity index (χ0v) is 5.76. The number of rotatable bonds is 1. The third-order valence-corrected chi connectivity index (χ3v) is 0.747. The molecule has 10 heavy (non-hydrogen) atoms. The first-order valence-electron chi connectivity index (χ1n) is 2.28. The van der Waals surface area contributed by atoms with Gasteiger partial charge in [0.1, 0.15) is 18.8 Å². The minimum atomic E-state index is -0.639. The van der Waals surface area contributed by atoms with Crippen molar-refractivity contribution in [2.24, 2.45) is 5.73 Å². The Hall–Kier alpha value is -1.16. The van der Waals surface area contributed by atoms with E-state index in [2.05, 4.69) is 9.47 Å². The summed E-state index contributed by atoms with van der Waals surface area (Å²) < 4.78 is 9.20. The average molecular weight is 164 g/mol. The van der Waals surface area contributed by atoms with Gasteiger partial charge in [0.25, 0.3) is 5.91 Å². The van der Waals surface area contributed by atoms with Crippen LogP contribution in [0.15, 0.2) is 24.5 Å². The van der Waals surface area contributed by atoms with Crippen molar-refractivity contribution in [3.63, 3.8) is 0 Å². The average Bonchev–Trinajstić information content (AvgIpc) is 1.90. The molecule has 0 saturated carbocycles. The summed E-state index contributed by atoms with van der Waals surface area (Å²) in [6.07, 6.45) is 3.68. The van der Waals surface area contributed by atoms with Crippen LogP contribution in [-0.4, -0.2) is 5.91 Å². The Labute approximate surface area is 63.7 Å². The summed E-state index contributed by atoms with van der Waals surface area (Å²) in [5, 5.41) is 0. The van der Waals surface area contributed by atoms with E-state index in [-0.39, 0.29) is 18.2 Å². The number of carbonyl (C=O) groups is 1. The molecule has 0 atom stereocenters. The van der Waals surface area contributed by atoms with Crippen molar-refractivity contribution in [2.75, 3.05) is 0 Å². The molecule has 56 valence electrons. The second-order valence-corrected chi connectivity index (χ2v) is 1.37. The van der Waals surface area contributed by atoms with E-state index in [1.165, 1.54) is 12.5 Å². The van der Waals surface area contributed by atoms with Gasteiger partial charge < -0.3 is 15.2 Å². The number of carbonyl (C=O) groups excluding carboxylic acids is 1. The number of nitrogens with two attached hydrogens (primary N) is 1. The second kappa shape index (κ2) is 3.79. The van der Waals surface area contributed by atoms with Crippen molar-refractivity contribution in [2.45, 2.75) is 0 Å². The fraction of sp³-hybridized carbons (Fsp3) is 0. The van der Waals surface area contributed by atoms with Crippen LogP contribution in [0.2, 0.25) is 0 Å². The Morgan fingerprint density at radius 3 is 2.50 bits per heavy atom. The molecule has 2 N–H and O–H groups in total. The van der Waals surface area contributed by atoms with Crippen LogP contribution in [0.3, 0.4) is 0 Å². The predicted octanol–water partition coefficient (Wildman–Crippen LogP) is 0.253. The van der Waals surface area contributed by atoms with Crippen LogP contribution in [0.4, 0.5) is 0 Å². The van der Waals surface area contributed by atoms with Crippen LogP contribution in [0, 0.1) is 0 Å². The molecular weight excluding hydrogens is 158 g/mol. The highest BCUT2D eigenvalue weighted by molar-refractivity contribution is 5.89. The van der Waals surface area contributed by atoms with Gasteiger partial charge in [-0.2, -0.15) is 0 Å². The lowest BCUT2D eigenvalue weighted by molar-refractivity contribution is -0.117. The third-order valence-electron chi connectivity index (χ3n) is 0.747. The summed E-state index contributed by atoms with van der Waals surface area (Å²) in [4.78, 5) is 10.3. The normalized spacial score (nSPS) is 13.8. The SMILES string of the molecule is Cl.NC(=O)C1=COC=CO1. The number of halogens is 1. The van der Waals surface area contributed by atoms with E-state index in [4.69, 9.17) is 5.73 Å². The zero-order valence-electron chi connectivity index (χ0n) is 4.94. The Kier molecular flexibility index (Phi) is 3.35. The van der Waals surface area contributed by atoms with Crippen LogP contribution in [0.25, 0.3) is 0 Å². The molecule has 1 heterocycles. The molecule has 1 rings (SSSR count). The number of hydrogen-bond donors (Lipinski definition) is 1. The Morgan fingerprint density at radius 1 is 1.50 bits per heavy atom. The molecule has 0 aromatic rings. The largest absolute Gasteiger partial charge is 0.465 e. The molecule has 1 aliphatic rings. The molecule has 1 aliphatic heterocycles. The van der Waals surface area contributed by atoms with E-state index < -0.39 is 5.91 Å². The van der Waals surface area contributed by atoms with Crippen molar-refractivity contribution in [3.8, 4) is 0 Å². The van der Waals surface area contributed by atoms with E-state index in [1.807, 2.05) is 0 Å². The molecule has 0 saturated heterocycles. The molecule has 1 amide bonds. The molecule has 5 heteroatoms. The summed E-state index contributed by atoms with van der Waals surface area (Å²) in [5.41, 5.74) is 4.82. The minimum absolute atomic E-state index is 0. The van der Waals surface area contributed by atoms with Gasteiger partial charge in [0, 0.05) is 0 Å². The summed E-state index contributed by atoms with van der Waals surface area (Å²) in [5.74, 6) is -0.628. The molecule has 0 aliphatic carbocycles. The van der Waals surface area contributed by atoms with Crippen LogP contribution in [0.5, 0.6) is 0 Å². The number of primary amides is 1. The maximum Gasteiger partial charge on any atom is 0.287 e. The molecule has 0 aromatic heterocycles. The van der Waals surface area contributed by atoms with Gasteiger partial charge >= 0.3 is 0 Å². The third kappa shape index (κ3) is 1.99. The quantitative estimate of drug-likeness (QED) is 0.603. The van der Waals surface area contributed by atoms with Gasteiger partial charge in [0.05, 0.1) is 0 Å². The molecule has 0 radical (unpaired) electrons. The smallest absolute Gasteiger partial charge is 0.287 e. The van der Waals surface area contributed by atoms with Gasteiger partial charge in [0.15, 0.2) is 0 Å². The summed E-state index contributed by atoms with van der Waals surface area (Å²) in [6.45, 7) is 0. The monoisotopic (exact) mass is 163 g/mol. The predicted molar refractivity (Wildman–Crippen MR) is 35.8 cm³/mol. The topological polar surface area (TPSA) is 61.6 Å². The van der Waals surface area contributed by atoms with E-state index >= 15 is 0 Å². The highest BCUT2D eigenvalue weighted by Crippen LogP contribution is 2.02. The molecular formula is C5H6ClNO3. The van der Waals surface area contributed by atoms with Crippen LogP contribution in [-0.2, 0) is 14.3 Å². The van der Waals surface area contributed by atoms with Crippen molar-refractivity contribution >= 4 is 18.3 Å². The first-order valence-corrected chi connectivity index (χ1v) is 2.28. The highest BCUT2D eigenvalue weighted by Gasteiger charge is 2.06. The molecule has 0 fully saturated rings. The Bertz CT molecular complexity index is 187. The van der Waals surface area contributed by atoms with Gasteiger partial charge in [-0.25, -0.2) is 0 Å². The van der Waals surface area contributed by atoms with E-state index in [0.717, 1.165) is 6.26 Å². The second-order valence-electron chi connectivity index (χ2n) is 1.37. The van der Waals surface area contributed by atoms with Gasteiger partial charge in [0.2, 0.25) is 5.76 Å². The first kappa shape index (κ1) is 8.84. The van der Waals surface area contributed by atoms with Crippen molar-refractivity contribution in [3.05, 3.63) is 24.5 Å². The van der Waals surface area contributed by atoms with Crippen LogP contribution in [0.1, 0.15) is 0 Å². The number of hydrogen-bond acceptors (Lipinski definition) is 3. The van der Waals surface area contributed by atoms with Crippen LogP contribution >= 0.6 is 12.4 Å². The summed E-state index contributed by atoms with van der Waals surface area (Å²) in [7, 11) is 0. The van der Waals surface area contributed by atoms with Gasteiger partial charge in [-0.3, -0.25) is 4.79 Å². The lowest BCUT2D eigenvalue weighted by Crippen LogP contribution is -2.15. The molecule has 4 nitrogen and oxygen atoms in total. The Balaban J connectivity index is 0.000000810. The van der Waals surface area contributed by atoms with E-state index in [1.54, 1.807) is 0 Å². The first-order chi connectivity index (χ1) is 4.30. The summed E-state index contributed by atoms with van der Waals surface area (Å²) in [6, 6.07) is 0. The number of ether oxygens (including phenoxy) is 2.